The van der Waals surface area contributed by atoms with E-state index in [9.17, 15) is 4.79 Å². The van der Waals surface area contributed by atoms with Crippen LogP contribution in [-0.4, -0.2) is 12.3 Å². The second-order valence-electron chi connectivity index (χ2n) is 4.62. The molecule has 1 aliphatic rings. The Morgan fingerprint density at radius 3 is 2.79 bits per heavy atom. The zero-order valence-corrected chi connectivity index (χ0v) is 8.85. The van der Waals surface area contributed by atoms with Gasteiger partial charge in [-0.3, -0.25) is 4.79 Å². The average molecular weight is 189 g/mol. The Labute approximate surface area is 84.3 Å². The molecule has 0 saturated carbocycles. The summed E-state index contributed by atoms with van der Waals surface area (Å²) in [5.74, 6) is 0.242. The predicted octanol–water partition coefficient (Wildman–Crippen LogP) is 2.63. The lowest BCUT2D eigenvalue weighted by atomic mass is 9.80. The molecule has 2 rings (SSSR count). The molecule has 74 valence electrons. The Morgan fingerprint density at radius 1 is 1.36 bits per heavy atom. The molecule has 2 nitrogen and oxygen atoms in total. The number of anilines is 1. The van der Waals surface area contributed by atoms with Gasteiger partial charge in [-0.2, -0.15) is 0 Å². The third-order valence-electron chi connectivity index (χ3n) is 2.76. The highest BCUT2D eigenvalue weighted by molar-refractivity contribution is 6.06. The maximum absolute atomic E-state index is 12.0. The summed E-state index contributed by atoms with van der Waals surface area (Å²) >= 11 is 0. The molecule has 0 saturated heterocycles. The Balaban J connectivity index is 2.52. The monoisotopic (exact) mass is 189 g/mol. The Kier molecular flexibility index (Phi) is 1.88. The standard InChI is InChI=1S/C12H15NO/c1-8-4-5-9-10(6-8)13-7-12(2,3)11(9)14/h4-6,13H,7H2,1-3H3. The molecule has 0 aliphatic carbocycles. The van der Waals surface area contributed by atoms with Crippen molar-refractivity contribution in [2.45, 2.75) is 20.8 Å². The van der Waals surface area contributed by atoms with Crippen molar-refractivity contribution in [3.63, 3.8) is 0 Å². The first-order valence-corrected chi connectivity index (χ1v) is 4.90. The number of hydrogen-bond acceptors (Lipinski definition) is 2. The molecule has 0 amide bonds. The number of fused-ring (bicyclic) bond motifs is 1. The first-order chi connectivity index (χ1) is 6.50. The van der Waals surface area contributed by atoms with E-state index >= 15 is 0 Å². The lowest BCUT2D eigenvalue weighted by Gasteiger charge is -2.30. The molecule has 0 spiro atoms. The molecule has 1 aromatic carbocycles. The van der Waals surface area contributed by atoms with Crippen LogP contribution in [0.15, 0.2) is 18.2 Å². The first kappa shape index (κ1) is 9.25. The van der Waals surface area contributed by atoms with E-state index in [4.69, 9.17) is 0 Å². The van der Waals surface area contributed by atoms with Gasteiger partial charge in [0, 0.05) is 23.2 Å². The zero-order valence-electron chi connectivity index (χ0n) is 8.85. The summed E-state index contributed by atoms with van der Waals surface area (Å²) in [4.78, 5) is 12.0. The molecule has 1 N–H and O–H groups in total. The summed E-state index contributed by atoms with van der Waals surface area (Å²) in [5, 5.41) is 3.30. The quantitative estimate of drug-likeness (QED) is 0.679. The minimum absolute atomic E-state index is 0.242. The van der Waals surface area contributed by atoms with Crippen LogP contribution in [0.1, 0.15) is 29.8 Å². The van der Waals surface area contributed by atoms with Crippen molar-refractivity contribution in [2.24, 2.45) is 5.41 Å². The molecular formula is C12H15NO. The van der Waals surface area contributed by atoms with Crippen molar-refractivity contribution < 1.29 is 4.79 Å². The number of Topliss-reactive ketones (excluding diaryl/α,β-unsaturated/α-hetero) is 1. The molecule has 0 unspecified atom stereocenters. The van der Waals surface area contributed by atoms with Gasteiger partial charge in [0.2, 0.25) is 0 Å². The van der Waals surface area contributed by atoms with Gasteiger partial charge in [-0.15, -0.1) is 0 Å². The van der Waals surface area contributed by atoms with Gasteiger partial charge in [0.15, 0.2) is 5.78 Å². The fourth-order valence-electron chi connectivity index (χ4n) is 1.76. The van der Waals surface area contributed by atoms with Crippen LogP contribution in [-0.2, 0) is 0 Å². The molecule has 0 radical (unpaired) electrons. The highest BCUT2D eigenvalue weighted by Crippen LogP contribution is 2.32. The van der Waals surface area contributed by atoms with Crippen LogP contribution in [0.25, 0.3) is 0 Å². The van der Waals surface area contributed by atoms with Gasteiger partial charge in [0.25, 0.3) is 0 Å². The first-order valence-electron chi connectivity index (χ1n) is 4.90. The van der Waals surface area contributed by atoms with Crippen LogP contribution in [0, 0.1) is 12.3 Å². The van der Waals surface area contributed by atoms with Crippen LogP contribution in [0.3, 0.4) is 0 Å². The Hall–Kier alpha value is -1.31. The van der Waals surface area contributed by atoms with Gasteiger partial charge in [-0.1, -0.05) is 19.9 Å². The smallest absolute Gasteiger partial charge is 0.172 e. The summed E-state index contributed by atoms with van der Waals surface area (Å²) in [6, 6.07) is 5.93. The van der Waals surface area contributed by atoms with E-state index in [-0.39, 0.29) is 11.2 Å². The SMILES string of the molecule is Cc1ccc2c(c1)NCC(C)(C)C2=O. The van der Waals surface area contributed by atoms with Crippen molar-refractivity contribution in [1.82, 2.24) is 0 Å². The molecule has 0 atom stereocenters. The van der Waals surface area contributed by atoms with E-state index in [2.05, 4.69) is 5.32 Å². The van der Waals surface area contributed by atoms with Gasteiger partial charge in [0.1, 0.15) is 0 Å². The van der Waals surface area contributed by atoms with Gasteiger partial charge >= 0.3 is 0 Å². The molecule has 0 bridgehead atoms. The van der Waals surface area contributed by atoms with E-state index in [0.717, 1.165) is 17.8 Å². The van der Waals surface area contributed by atoms with E-state index in [1.54, 1.807) is 0 Å². The number of rotatable bonds is 0. The molecule has 1 heterocycles. The number of ketones is 1. The van der Waals surface area contributed by atoms with Gasteiger partial charge in [-0.25, -0.2) is 0 Å². The third kappa shape index (κ3) is 1.31. The highest BCUT2D eigenvalue weighted by Gasteiger charge is 2.33. The zero-order chi connectivity index (χ0) is 10.3. The molecular weight excluding hydrogens is 174 g/mol. The Bertz CT molecular complexity index is 393. The van der Waals surface area contributed by atoms with Crippen LogP contribution >= 0.6 is 0 Å². The molecule has 14 heavy (non-hydrogen) atoms. The normalized spacial score (nSPS) is 18.6. The van der Waals surface area contributed by atoms with Crippen LogP contribution in [0.2, 0.25) is 0 Å². The van der Waals surface area contributed by atoms with Crippen molar-refractivity contribution >= 4 is 11.5 Å². The van der Waals surface area contributed by atoms with Gasteiger partial charge in [0.05, 0.1) is 0 Å². The highest BCUT2D eigenvalue weighted by atomic mass is 16.1. The number of benzene rings is 1. The molecule has 0 fully saturated rings. The minimum Gasteiger partial charge on any atom is -0.383 e. The molecule has 2 heteroatoms. The third-order valence-corrected chi connectivity index (χ3v) is 2.76. The number of nitrogens with one attached hydrogen (secondary N) is 1. The van der Waals surface area contributed by atoms with Crippen LogP contribution in [0.5, 0.6) is 0 Å². The summed E-state index contributed by atoms with van der Waals surface area (Å²) in [5.41, 5.74) is 2.72. The maximum Gasteiger partial charge on any atom is 0.172 e. The predicted molar refractivity (Wildman–Crippen MR) is 57.8 cm³/mol. The Morgan fingerprint density at radius 2 is 2.07 bits per heavy atom. The summed E-state index contributed by atoms with van der Waals surface area (Å²) in [6.07, 6.45) is 0. The van der Waals surface area contributed by atoms with Crippen molar-refractivity contribution in [3.05, 3.63) is 29.3 Å². The van der Waals surface area contributed by atoms with Crippen molar-refractivity contribution in [1.29, 1.82) is 0 Å². The average Bonchev–Trinajstić information content (AvgIpc) is 2.12. The second-order valence-corrected chi connectivity index (χ2v) is 4.62. The van der Waals surface area contributed by atoms with Gasteiger partial charge in [-0.05, 0) is 24.6 Å². The fraction of sp³-hybridized carbons (Fsp3) is 0.417. The number of carbonyl (C=O) groups excluding carboxylic acids is 1. The molecule has 1 aliphatic heterocycles. The number of aryl methyl sites for hydroxylation is 1. The topological polar surface area (TPSA) is 29.1 Å². The van der Waals surface area contributed by atoms with E-state index < -0.39 is 0 Å². The summed E-state index contributed by atoms with van der Waals surface area (Å²) in [6.45, 7) is 6.71. The van der Waals surface area contributed by atoms with Crippen molar-refractivity contribution in [3.8, 4) is 0 Å². The van der Waals surface area contributed by atoms with Crippen LogP contribution < -0.4 is 5.32 Å². The lowest BCUT2D eigenvalue weighted by molar-refractivity contribution is 0.0845. The van der Waals surface area contributed by atoms with E-state index in [1.165, 1.54) is 5.56 Å². The molecule has 0 aromatic heterocycles. The lowest BCUT2D eigenvalue weighted by Crippen LogP contribution is -2.37. The number of carbonyl (C=O) groups is 1. The summed E-state index contributed by atoms with van der Waals surface area (Å²) < 4.78 is 0. The van der Waals surface area contributed by atoms with Crippen LogP contribution in [0.4, 0.5) is 5.69 Å². The van der Waals surface area contributed by atoms with E-state index in [0.29, 0.717) is 0 Å². The maximum atomic E-state index is 12.0. The van der Waals surface area contributed by atoms with Crippen molar-refractivity contribution in [2.75, 3.05) is 11.9 Å². The van der Waals surface area contributed by atoms with Gasteiger partial charge < -0.3 is 5.32 Å². The number of hydrogen-bond donors (Lipinski definition) is 1. The largest absolute Gasteiger partial charge is 0.383 e. The second kappa shape index (κ2) is 2.84. The summed E-state index contributed by atoms with van der Waals surface area (Å²) in [7, 11) is 0. The minimum atomic E-state index is -0.276. The fourth-order valence-corrected chi connectivity index (χ4v) is 1.76. The van der Waals surface area contributed by atoms with E-state index in [1.807, 2.05) is 39.0 Å². The molecule has 1 aromatic rings.